The van der Waals surface area contributed by atoms with Crippen molar-refractivity contribution in [3.8, 4) is 11.6 Å². The number of aromatic nitrogens is 2. The minimum atomic E-state index is -0.494. The molecule has 13 heteroatoms. The van der Waals surface area contributed by atoms with Crippen LogP contribution in [0.15, 0.2) is 60.8 Å². The minimum absolute atomic E-state index is 0.0449. The minimum Gasteiger partial charge on any atom is -0.436 e. The van der Waals surface area contributed by atoms with Crippen molar-refractivity contribution in [3.63, 3.8) is 0 Å². The number of morpholine rings is 1. The molecule has 2 saturated heterocycles. The SMILES string of the molecule is Cc1cccc(C)c1NC(=O)c1cnc(Nc2ccc(N3CCN(C)C(C)C3)c(F)c2)nc1Oc1ccc(C(=O)N2CCOCC2)cc1Cl. The first kappa shape index (κ1) is 34.1. The molecule has 4 aromatic rings. The van der Waals surface area contributed by atoms with Crippen LogP contribution >= 0.6 is 11.6 Å². The van der Waals surface area contributed by atoms with E-state index in [1.54, 1.807) is 29.2 Å². The lowest BCUT2D eigenvalue weighted by Crippen LogP contribution is -2.50. The van der Waals surface area contributed by atoms with Gasteiger partial charge in [-0.15, -0.1) is 0 Å². The summed E-state index contributed by atoms with van der Waals surface area (Å²) in [7, 11) is 2.07. The fourth-order valence-electron chi connectivity index (χ4n) is 5.86. The van der Waals surface area contributed by atoms with E-state index in [0.717, 1.165) is 30.8 Å². The Balaban J connectivity index is 1.27. The fourth-order valence-corrected chi connectivity index (χ4v) is 6.08. The van der Waals surface area contributed by atoms with Gasteiger partial charge >= 0.3 is 0 Å². The molecule has 3 heterocycles. The van der Waals surface area contributed by atoms with Crippen molar-refractivity contribution in [1.29, 1.82) is 0 Å². The number of aryl methyl sites for hydroxylation is 2. The van der Waals surface area contributed by atoms with Gasteiger partial charge < -0.3 is 34.8 Å². The standard InChI is InChI=1S/C36H39ClFN7O4/c1-22-6-5-7-23(2)32(22)41-33(46)27-20-39-36(40-26-9-10-30(29(38)19-26)45-13-12-43(4)24(3)21-45)42-34(27)49-31-11-8-25(18-28(31)37)35(47)44-14-16-48-17-15-44/h5-11,18-20,24H,12-17,21H2,1-4H3,(H,41,46)(H,39,40,42). The summed E-state index contributed by atoms with van der Waals surface area (Å²) in [6.45, 7) is 10.2. The third-order valence-corrected chi connectivity index (χ3v) is 9.20. The van der Waals surface area contributed by atoms with E-state index in [4.69, 9.17) is 21.1 Å². The van der Waals surface area contributed by atoms with Crippen molar-refractivity contribution in [3.05, 3.63) is 93.9 Å². The number of halogens is 2. The molecule has 49 heavy (non-hydrogen) atoms. The van der Waals surface area contributed by atoms with Gasteiger partial charge in [-0.1, -0.05) is 29.8 Å². The van der Waals surface area contributed by atoms with Crippen LogP contribution in [-0.4, -0.2) is 90.6 Å². The number of benzene rings is 3. The second-order valence-corrected chi connectivity index (χ2v) is 12.8. The zero-order valence-corrected chi connectivity index (χ0v) is 28.7. The summed E-state index contributed by atoms with van der Waals surface area (Å²) in [6.07, 6.45) is 1.34. The van der Waals surface area contributed by atoms with Crippen molar-refractivity contribution in [2.75, 3.05) is 68.5 Å². The molecule has 0 aliphatic carbocycles. The molecule has 0 radical (unpaired) electrons. The molecule has 1 aromatic heterocycles. The van der Waals surface area contributed by atoms with Gasteiger partial charge in [0.2, 0.25) is 11.8 Å². The monoisotopic (exact) mass is 687 g/mol. The molecular weight excluding hydrogens is 649 g/mol. The van der Waals surface area contributed by atoms with Crippen molar-refractivity contribution in [2.24, 2.45) is 0 Å². The van der Waals surface area contributed by atoms with Crippen molar-refractivity contribution in [2.45, 2.75) is 26.8 Å². The number of carbonyl (C=O) groups excluding carboxylic acids is 2. The smallest absolute Gasteiger partial charge is 0.262 e. The van der Waals surface area contributed by atoms with Crippen LogP contribution in [0.4, 0.5) is 27.4 Å². The first-order valence-corrected chi connectivity index (χ1v) is 16.6. The summed E-state index contributed by atoms with van der Waals surface area (Å²) < 4.78 is 26.9. The van der Waals surface area contributed by atoms with Crippen LogP contribution in [0.25, 0.3) is 0 Å². The van der Waals surface area contributed by atoms with Gasteiger partial charge in [0.05, 0.1) is 23.9 Å². The number of carbonyl (C=O) groups is 2. The molecule has 0 saturated carbocycles. The Morgan fingerprint density at radius 2 is 1.78 bits per heavy atom. The van der Waals surface area contributed by atoms with E-state index in [1.807, 2.05) is 36.9 Å². The number of hydrogen-bond donors (Lipinski definition) is 2. The maximum absolute atomic E-state index is 15.4. The van der Waals surface area contributed by atoms with Gasteiger partial charge in [0.1, 0.15) is 17.1 Å². The second-order valence-electron chi connectivity index (χ2n) is 12.4. The molecule has 1 unspecified atom stereocenters. The molecule has 0 spiro atoms. The maximum Gasteiger partial charge on any atom is 0.262 e. The highest BCUT2D eigenvalue weighted by molar-refractivity contribution is 6.32. The zero-order chi connectivity index (χ0) is 34.7. The van der Waals surface area contributed by atoms with Crippen LogP contribution in [-0.2, 0) is 4.74 Å². The Kier molecular flexibility index (Phi) is 10.3. The number of nitrogens with one attached hydrogen (secondary N) is 2. The van der Waals surface area contributed by atoms with Crippen LogP contribution in [0, 0.1) is 19.7 Å². The fraction of sp³-hybridized carbons (Fsp3) is 0.333. The molecular formula is C36H39ClFN7O4. The lowest BCUT2D eigenvalue weighted by atomic mass is 10.1. The average molecular weight is 688 g/mol. The number of para-hydroxylation sites is 1. The number of piperazine rings is 1. The Morgan fingerprint density at radius 1 is 1.02 bits per heavy atom. The van der Waals surface area contributed by atoms with E-state index in [0.29, 0.717) is 55.0 Å². The summed E-state index contributed by atoms with van der Waals surface area (Å²) in [6, 6.07) is 15.6. The summed E-state index contributed by atoms with van der Waals surface area (Å²) in [4.78, 5) is 41.5. The molecule has 1 atom stereocenters. The van der Waals surface area contributed by atoms with Crippen LogP contribution < -0.4 is 20.3 Å². The van der Waals surface area contributed by atoms with Gasteiger partial charge in [-0.05, 0) is 75.3 Å². The van der Waals surface area contributed by atoms with E-state index in [-0.39, 0.29) is 39.9 Å². The zero-order valence-electron chi connectivity index (χ0n) is 27.9. The summed E-state index contributed by atoms with van der Waals surface area (Å²) in [5.41, 5.74) is 3.82. The number of hydrogen-bond acceptors (Lipinski definition) is 9. The average Bonchev–Trinajstić information content (AvgIpc) is 3.09. The molecule has 256 valence electrons. The lowest BCUT2D eigenvalue weighted by molar-refractivity contribution is 0.0303. The Bertz CT molecular complexity index is 1850. The van der Waals surface area contributed by atoms with E-state index in [2.05, 4.69) is 39.5 Å². The molecule has 2 aliphatic heterocycles. The maximum atomic E-state index is 15.4. The molecule has 6 rings (SSSR count). The molecule has 2 amide bonds. The van der Waals surface area contributed by atoms with Gasteiger partial charge in [0, 0.05) is 61.9 Å². The normalized spacial score (nSPS) is 16.7. The van der Waals surface area contributed by atoms with E-state index >= 15 is 4.39 Å². The second kappa shape index (κ2) is 14.8. The first-order valence-electron chi connectivity index (χ1n) is 16.2. The number of ether oxygens (including phenoxy) is 2. The lowest BCUT2D eigenvalue weighted by Gasteiger charge is -2.39. The summed E-state index contributed by atoms with van der Waals surface area (Å²) >= 11 is 6.62. The largest absolute Gasteiger partial charge is 0.436 e. The third kappa shape index (κ3) is 7.77. The third-order valence-electron chi connectivity index (χ3n) is 8.91. The Labute approximate surface area is 290 Å². The summed E-state index contributed by atoms with van der Waals surface area (Å²) in [5.74, 6) is -0.859. The van der Waals surface area contributed by atoms with Gasteiger partial charge in [-0.3, -0.25) is 9.59 Å². The molecule has 2 aliphatic rings. The Morgan fingerprint density at radius 3 is 2.47 bits per heavy atom. The molecule has 3 aromatic carbocycles. The predicted octanol–water partition coefficient (Wildman–Crippen LogP) is 6.29. The Hall–Kier alpha value is -4.78. The van der Waals surface area contributed by atoms with Gasteiger partial charge in [0.25, 0.3) is 11.8 Å². The van der Waals surface area contributed by atoms with Crippen molar-refractivity contribution < 1.29 is 23.5 Å². The van der Waals surface area contributed by atoms with Crippen molar-refractivity contribution in [1.82, 2.24) is 19.8 Å². The summed E-state index contributed by atoms with van der Waals surface area (Å²) in [5, 5.41) is 6.13. The number of nitrogens with zero attached hydrogens (tertiary/aromatic N) is 5. The van der Waals surface area contributed by atoms with Crippen LogP contribution in [0.1, 0.15) is 38.8 Å². The van der Waals surface area contributed by atoms with Crippen LogP contribution in [0.3, 0.4) is 0 Å². The van der Waals surface area contributed by atoms with E-state index in [1.165, 1.54) is 18.3 Å². The van der Waals surface area contributed by atoms with Crippen LogP contribution in [0.5, 0.6) is 11.6 Å². The van der Waals surface area contributed by atoms with Crippen molar-refractivity contribution >= 4 is 46.4 Å². The number of likely N-dealkylation sites (N-methyl/N-ethyl adjacent to an activating group) is 1. The number of amides is 2. The van der Waals surface area contributed by atoms with Gasteiger partial charge in [-0.2, -0.15) is 4.98 Å². The first-order chi connectivity index (χ1) is 23.6. The van der Waals surface area contributed by atoms with E-state index in [9.17, 15) is 9.59 Å². The molecule has 2 fully saturated rings. The van der Waals surface area contributed by atoms with Gasteiger partial charge in [0.15, 0.2) is 0 Å². The highest BCUT2D eigenvalue weighted by Gasteiger charge is 2.25. The van der Waals surface area contributed by atoms with E-state index < -0.39 is 5.91 Å². The predicted molar refractivity (Wildman–Crippen MR) is 188 cm³/mol. The number of anilines is 4. The van der Waals surface area contributed by atoms with Crippen LogP contribution in [0.2, 0.25) is 5.02 Å². The van der Waals surface area contributed by atoms with Gasteiger partial charge in [-0.25, -0.2) is 9.37 Å². The highest BCUT2D eigenvalue weighted by atomic mass is 35.5. The topological polar surface area (TPSA) is 112 Å². The molecule has 2 N–H and O–H groups in total. The molecule has 0 bridgehead atoms. The number of rotatable bonds is 8. The highest BCUT2D eigenvalue weighted by Crippen LogP contribution is 2.33. The molecule has 11 nitrogen and oxygen atoms in total. The quantitative estimate of drug-likeness (QED) is 0.221.